The number of carbonyl (C=O) groups excluding carboxylic acids is 1. The zero-order valence-electron chi connectivity index (χ0n) is 10.8. The van der Waals surface area contributed by atoms with E-state index in [1.54, 1.807) is 25.3 Å². The van der Waals surface area contributed by atoms with E-state index in [9.17, 15) is 13.2 Å². The van der Waals surface area contributed by atoms with Crippen molar-refractivity contribution in [3.63, 3.8) is 0 Å². The summed E-state index contributed by atoms with van der Waals surface area (Å²) in [7, 11) is -3.80. The standard InChI is InChI=1S/C11H17NO4S2/c1-8(2)16-11(3,4)10(13)12-18(14,15)9-6-5-7-17-9/h5-8H,1-4H3,(H,12,13). The highest BCUT2D eigenvalue weighted by Gasteiger charge is 2.33. The Morgan fingerprint density at radius 3 is 2.50 bits per heavy atom. The van der Waals surface area contributed by atoms with Crippen molar-refractivity contribution in [1.29, 1.82) is 0 Å². The van der Waals surface area contributed by atoms with Gasteiger partial charge < -0.3 is 4.74 Å². The molecule has 0 atom stereocenters. The summed E-state index contributed by atoms with van der Waals surface area (Å²) in [4.78, 5) is 11.9. The third-order valence-electron chi connectivity index (χ3n) is 2.06. The third-order valence-corrected chi connectivity index (χ3v) is 4.79. The first-order valence-electron chi connectivity index (χ1n) is 5.44. The lowest BCUT2D eigenvalue weighted by atomic mass is 10.1. The van der Waals surface area contributed by atoms with E-state index in [4.69, 9.17) is 4.74 Å². The zero-order valence-corrected chi connectivity index (χ0v) is 12.4. The molecular weight excluding hydrogens is 274 g/mol. The number of thiophene rings is 1. The van der Waals surface area contributed by atoms with Gasteiger partial charge in [-0.2, -0.15) is 0 Å². The Labute approximate surface area is 111 Å². The number of carbonyl (C=O) groups is 1. The Hall–Kier alpha value is -0.920. The first kappa shape index (κ1) is 15.1. The molecule has 1 aromatic rings. The lowest BCUT2D eigenvalue weighted by molar-refractivity contribution is -0.145. The molecule has 1 heterocycles. The van der Waals surface area contributed by atoms with Crippen LogP contribution in [-0.4, -0.2) is 26.0 Å². The highest BCUT2D eigenvalue weighted by atomic mass is 32.2. The van der Waals surface area contributed by atoms with Crippen LogP contribution >= 0.6 is 11.3 Å². The number of sulfonamides is 1. The second kappa shape index (κ2) is 5.38. The minimum absolute atomic E-state index is 0.108. The van der Waals surface area contributed by atoms with Crippen molar-refractivity contribution in [1.82, 2.24) is 4.72 Å². The molecule has 0 aliphatic carbocycles. The largest absolute Gasteiger partial charge is 0.363 e. The molecule has 0 aromatic carbocycles. The first-order chi connectivity index (χ1) is 8.15. The quantitative estimate of drug-likeness (QED) is 0.897. The molecule has 0 fully saturated rings. The molecule has 0 aliphatic heterocycles. The van der Waals surface area contributed by atoms with Crippen molar-refractivity contribution >= 4 is 27.3 Å². The molecule has 5 nitrogen and oxygen atoms in total. The Kier molecular flexibility index (Phi) is 4.52. The van der Waals surface area contributed by atoms with Crippen LogP contribution < -0.4 is 4.72 Å². The molecule has 1 N–H and O–H groups in total. The van der Waals surface area contributed by atoms with Gasteiger partial charge in [-0.3, -0.25) is 4.79 Å². The molecule has 0 aliphatic rings. The molecule has 0 saturated heterocycles. The molecule has 1 amide bonds. The van der Waals surface area contributed by atoms with Crippen molar-refractivity contribution in [2.24, 2.45) is 0 Å². The molecular formula is C11H17NO4S2. The maximum absolute atomic E-state index is 11.9. The van der Waals surface area contributed by atoms with E-state index in [-0.39, 0.29) is 10.3 Å². The van der Waals surface area contributed by atoms with Crippen molar-refractivity contribution in [2.45, 2.75) is 43.6 Å². The van der Waals surface area contributed by atoms with E-state index in [0.717, 1.165) is 11.3 Å². The topological polar surface area (TPSA) is 72.5 Å². The van der Waals surface area contributed by atoms with E-state index in [2.05, 4.69) is 0 Å². The molecule has 7 heteroatoms. The van der Waals surface area contributed by atoms with Crippen molar-refractivity contribution in [3.8, 4) is 0 Å². The Bertz CT molecular complexity index is 503. The summed E-state index contributed by atoms with van der Waals surface area (Å²) in [5.74, 6) is -0.676. The van der Waals surface area contributed by atoms with Crippen LogP contribution in [0.5, 0.6) is 0 Å². The summed E-state index contributed by atoms with van der Waals surface area (Å²) < 4.78 is 31.2. The van der Waals surface area contributed by atoms with Crippen LogP contribution in [0, 0.1) is 0 Å². The van der Waals surface area contributed by atoms with Gasteiger partial charge in [-0.05, 0) is 39.1 Å². The molecule has 0 saturated carbocycles. The van der Waals surface area contributed by atoms with Gasteiger partial charge in [0.15, 0.2) is 0 Å². The summed E-state index contributed by atoms with van der Waals surface area (Å²) in [6, 6.07) is 3.05. The molecule has 102 valence electrons. The number of rotatable bonds is 5. The molecule has 0 spiro atoms. The van der Waals surface area contributed by atoms with E-state index in [1.807, 2.05) is 4.72 Å². The van der Waals surface area contributed by atoms with Gasteiger partial charge >= 0.3 is 0 Å². The summed E-state index contributed by atoms with van der Waals surface area (Å²) in [6.07, 6.45) is -0.171. The third kappa shape index (κ3) is 3.79. The maximum atomic E-state index is 11.9. The van der Waals surface area contributed by atoms with Crippen LogP contribution in [0.3, 0.4) is 0 Å². The van der Waals surface area contributed by atoms with Gasteiger partial charge in [-0.15, -0.1) is 11.3 Å². The summed E-state index contributed by atoms with van der Waals surface area (Å²) in [6.45, 7) is 6.63. The lowest BCUT2D eigenvalue weighted by Crippen LogP contribution is -2.47. The Morgan fingerprint density at radius 2 is 2.06 bits per heavy atom. The fourth-order valence-corrected chi connectivity index (χ4v) is 3.45. The molecule has 1 rings (SSSR count). The fourth-order valence-electron chi connectivity index (χ4n) is 1.35. The predicted octanol–water partition coefficient (Wildman–Crippen LogP) is 1.76. The number of amides is 1. The average Bonchev–Trinajstić information content (AvgIpc) is 2.67. The second-order valence-corrected chi connectivity index (χ2v) is 7.40. The van der Waals surface area contributed by atoms with Crippen LogP contribution in [0.25, 0.3) is 0 Å². The smallest absolute Gasteiger partial charge is 0.273 e. The molecule has 0 radical (unpaired) electrons. The van der Waals surface area contributed by atoms with Gasteiger partial charge in [-0.25, -0.2) is 13.1 Å². The first-order valence-corrected chi connectivity index (χ1v) is 7.80. The Morgan fingerprint density at radius 1 is 1.44 bits per heavy atom. The van der Waals surface area contributed by atoms with Crippen LogP contribution in [0.4, 0.5) is 0 Å². The minimum atomic E-state index is -3.80. The highest BCUT2D eigenvalue weighted by Crippen LogP contribution is 2.18. The SMILES string of the molecule is CC(C)OC(C)(C)C(=O)NS(=O)(=O)c1cccs1. The Balaban J connectivity index is 2.83. The van der Waals surface area contributed by atoms with Gasteiger partial charge in [-0.1, -0.05) is 6.07 Å². The van der Waals surface area contributed by atoms with Crippen molar-refractivity contribution in [3.05, 3.63) is 17.5 Å². The van der Waals surface area contributed by atoms with Gasteiger partial charge in [0, 0.05) is 0 Å². The van der Waals surface area contributed by atoms with E-state index in [1.165, 1.54) is 19.9 Å². The summed E-state index contributed by atoms with van der Waals surface area (Å²) in [5.41, 5.74) is -1.20. The molecule has 0 bridgehead atoms. The zero-order chi connectivity index (χ0) is 14.0. The monoisotopic (exact) mass is 291 g/mol. The fraction of sp³-hybridized carbons (Fsp3) is 0.545. The van der Waals surface area contributed by atoms with Gasteiger partial charge in [0.1, 0.15) is 9.81 Å². The average molecular weight is 291 g/mol. The highest BCUT2D eigenvalue weighted by molar-refractivity contribution is 7.92. The summed E-state index contributed by atoms with van der Waals surface area (Å²) in [5, 5.41) is 1.63. The number of ether oxygens (including phenoxy) is 1. The lowest BCUT2D eigenvalue weighted by Gasteiger charge is -2.26. The molecule has 18 heavy (non-hydrogen) atoms. The van der Waals surface area contributed by atoms with Crippen LogP contribution in [0.1, 0.15) is 27.7 Å². The number of nitrogens with one attached hydrogen (secondary N) is 1. The van der Waals surface area contributed by atoms with Crippen LogP contribution in [0.15, 0.2) is 21.7 Å². The predicted molar refractivity (Wildman–Crippen MR) is 69.9 cm³/mol. The van der Waals surface area contributed by atoms with Crippen LogP contribution in [0.2, 0.25) is 0 Å². The van der Waals surface area contributed by atoms with Gasteiger partial charge in [0.2, 0.25) is 0 Å². The van der Waals surface area contributed by atoms with E-state index < -0.39 is 21.5 Å². The van der Waals surface area contributed by atoms with Gasteiger partial charge in [0.25, 0.3) is 15.9 Å². The molecule has 1 aromatic heterocycles. The minimum Gasteiger partial charge on any atom is -0.363 e. The van der Waals surface area contributed by atoms with E-state index >= 15 is 0 Å². The maximum Gasteiger partial charge on any atom is 0.273 e. The summed E-state index contributed by atoms with van der Waals surface area (Å²) >= 11 is 1.05. The number of hydrogen-bond acceptors (Lipinski definition) is 5. The van der Waals surface area contributed by atoms with Crippen LogP contribution in [-0.2, 0) is 19.6 Å². The van der Waals surface area contributed by atoms with Crippen molar-refractivity contribution in [2.75, 3.05) is 0 Å². The van der Waals surface area contributed by atoms with E-state index in [0.29, 0.717) is 0 Å². The molecule has 0 unspecified atom stereocenters. The second-order valence-electron chi connectivity index (χ2n) is 4.54. The number of hydrogen-bond donors (Lipinski definition) is 1. The van der Waals surface area contributed by atoms with Gasteiger partial charge in [0.05, 0.1) is 6.10 Å². The normalized spacial score (nSPS) is 12.7. The van der Waals surface area contributed by atoms with Crippen molar-refractivity contribution < 1.29 is 17.9 Å².